The molecule has 1 N–H and O–H groups in total. The van der Waals surface area contributed by atoms with Gasteiger partial charge in [0, 0.05) is 19.3 Å². The van der Waals surface area contributed by atoms with Crippen molar-refractivity contribution < 1.29 is 14.3 Å². The quantitative estimate of drug-likeness (QED) is 0.853. The van der Waals surface area contributed by atoms with Gasteiger partial charge in [0.1, 0.15) is 17.4 Å². The fourth-order valence-corrected chi connectivity index (χ4v) is 2.45. The van der Waals surface area contributed by atoms with Crippen LogP contribution in [-0.4, -0.2) is 48.8 Å². The Bertz CT molecular complexity index is 700. The van der Waals surface area contributed by atoms with Gasteiger partial charge in [0.15, 0.2) is 6.61 Å². The average molecular weight is 342 g/mol. The summed E-state index contributed by atoms with van der Waals surface area (Å²) in [7, 11) is 0. The highest BCUT2D eigenvalue weighted by Gasteiger charge is 2.13. The number of aryl methyl sites for hydroxylation is 1. The van der Waals surface area contributed by atoms with Gasteiger partial charge >= 0.3 is 0 Å². The van der Waals surface area contributed by atoms with Crippen LogP contribution >= 0.6 is 0 Å². The van der Waals surface area contributed by atoms with Gasteiger partial charge in [-0.05, 0) is 25.1 Å². The van der Waals surface area contributed by atoms with Crippen molar-refractivity contribution in [1.29, 1.82) is 0 Å². The normalized spacial score (nSPS) is 14.2. The van der Waals surface area contributed by atoms with Crippen LogP contribution in [0, 0.1) is 6.92 Å². The third-order valence-corrected chi connectivity index (χ3v) is 3.86. The second-order valence-electron chi connectivity index (χ2n) is 5.81. The fraction of sp³-hybridized carbons (Fsp3) is 0.389. The Morgan fingerprint density at radius 1 is 1.24 bits per heavy atom. The third-order valence-electron chi connectivity index (χ3n) is 3.86. The van der Waals surface area contributed by atoms with Crippen molar-refractivity contribution in [2.75, 3.05) is 37.8 Å². The highest BCUT2D eigenvalue weighted by Crippen LogP contribution is 2.12. The van der Waals surface area contributed by atoms with Crippen molar-refractivity contribution in [2.24, 2.45) is 0 Å². The molecule has 0 saturated carbocycles. The zero-order valence-corrected chi connectivity index (χ0v) is 14.3. The zero-order chi connectivity index (χ0) is 17.5. The Morgan fingerprint density at radius 3 is 2.76 bits per heavy atom. The smallest absolute Gasteiger partial charge is 0.258 e. The first-order valence-corrected chi connectivity index (χ1v) is 8.31. The molecule has 7 nitrogen and oxygen atoms in total. The molecule has 1 amide bonds. The van der Waals surface area contributed by atoms with Crippen molar-refractivity contribution in [1.82, 2.24) is 15.3 Å². The fourth-order valence-electron chi connectivity index (χ4n) is 2.45. The molecule has 0 atom stereocenters. The first kappa shape index (κ1) is 17.2. The molecule has 1 saturated heterocycles. The predicted octanol–water partition coefficient (Wildman–Crippen LogP) is 1.32. The first-order chi connectivity index (χ1) is 12.2. The van der Waals surface area contributed by atoms with Crippen LogP contribution in [0.3, 0.4) is 0 Å². The number of carbonyl (C=O) groups excluding carboxylic acids is 1. The van der Waals surface area contributed by atoms with Gasteiger partial charge in [0.25, 0.3) is 5.91 Å². The molecule has 1 aromatic carbocycles. The third kappa shape index (κ3) is 5.15. The van der Waals surface area contributed by atoms with E-state index in [1.165, 1.54) is 0 Å². The van der Waals surface area contributed by atoms with Gasteiger partial charge in [0.05, 0.1) is 19.8 Å². The molecular formula is C18H22N4O3. The van der Waals surface area contributed by atoms with E-state index in [1.807, 2.05) is 37.3 Å². The number of hydrogen-bond donors (Lipinski definition) is 1. The van der Waals surface area contributed by atoms with Crippen LogP contribution in [0.2, 0.25) is 0 Å². The second kappa shape index (κ2) is 8.43. The number of hydrogen-bond acceptors (Lipinski definition) is 6. The molecule has 1 aromatic heterocycles. The molecule has 7 heteroatoms. The van der Waals surface area contributed by atoms with Gasteiger partial charge in [-0.2, -0.15) is 0 Å². The number of rotatable bonds is 6. The van der Waals surface area contributed by atoms with Crippen LogP contribution in [-0.2, 0) is 16.1 Å². The van der Waals surface area contributed by atoms with Gasteiger partial charge in [-0.3, -0.25) is 4.79 Å². The molecule has 0 unspecified atom stereocenters. The number of benzene rings is 1. The van der Waals surface area contributed by atoms with E-state index in [-0.39, 0.29) is 19.1 Å². The minimum absolute atomic E-state index is 0.0355. The maximum Gasteiger partial charge on any atom is 0.258 e. The number of anilines is 1. The molecule has 3 rings (SSSR count). The van der Waals surface area contributed by atoms with Crippen LogP contribution in [0.5, 0.6) is 5.75 Å². The van der Waals surface area contributed by atoms with Gasteiger partial charge < -0.3 is 19.7 Å². The summed E-state index contributed by atoms with van der Waals surface area (Å²) in [6.07, 6.45) is 1.71. The second-order valence-corrected chi connectivity index (χ2v) is 5.81. The topological polar surface area (TPSA) is 76.6 Å². The van der Waals surface area contributed by atoms with Crippen molar-refractivity contribution in [3.8, 4) is 5.75 Å². The molecule has 0 spiro atoms. The molecule has 0 aliphatic carbocycles. The minimum Gasteiger partial charge on any atom is -0.484 e. The Labute approximate surface area is 147 Å². The lowest BCUT2D eigenvalue weighted by Crippen LogP contribution is -2.37. The van der Waals surface area contributed by atoms with E-state index < -0.39 is 0 Å². The Morgan fingerprint density at radius 2 is 2.00 bits per heavy atom. The van der Waals surface area contributed by atoms with Crippen LogP contribution < -0.4 is 15.0 Å². The molecule has 1 aliphatic heterocycles. The molecule has 0 radical (unpaired) electrons. The molecule has 1 aliphatic rings. The minimum atomic E-state index is -0.207. The van der Waals surface area contributed by atoms with E-state index in [9.17, 15) is 4.79 Å². The van der Waals surface area contributed by atoms with Gasteiger partial charge in [-0.1, -0.05) is 17.7 Å². The highest BCUT2D eigenvalue weighted by molar-refractivity contribution is 5.77. The van der Waals surface area contributed by atoms with Crippen LogP contribution in [0.25, 0.3) is 0 Å². The summed E-state index contributed by atoms with van der Waals surface area (Å²) in [5, 5.41) is 2.78. The number of morpholine rings is 1. The molecule has 132 valence electrons. The zero-order valence-electron chi connectivity index (χ0n) is 14.3. The molecule has 2 aromatic rings. The summed E-state index contributed by atoms with van der Waals surface area (Å²) >= 11 is 0. The van der Waals surface area contributed by atoms with E-state index in [0.29, 0.717) is 24.8 Å². The van der Waals surface area contributed by atoms with Crippen molar-refractivity contribution in [3.05, 3.63) is 47.9 Å². The highest BCUT2D eigenvalue weighted by atomic mass is 16.5. The van der Waals surface area contributed by atoms with E-state index in [2.05, 4.69) is 20.2 Å². The molecule has 0 bridgehead atoms. The maximum atomic E-state index is 11.9. The van der Waals surface area contributed by atoms with Gasteiger partial charge in [-0.15, -0.1) is 0 Å². The van der Waals surface area contributed by atoms with E-state index in [0.717, 1.165) is 24.5 Å². The van der Waals surface area contributed by atoms with E-state index in [4.69, 9.17) is 9.47 Å². The molecule has 1 fully saturated rings. The molecule has 25 heavy (non-hydrogen) atoms. The van der Waals surface area contributed by atoms with E-state index >= 15 is 0 Å². The van der Waals surface area contributed by atoms with Crippen molar-refractivity contribution >= 4 is 11.7 Å². The van der Waals surface area contributed by atoms with Gasteiger partial charge in [0.2, 0.25) is 0 Å². The summed E-state index contributed by atoms with van der Waals surface area (Å²) in [6, 6.07) is 9.45. The summed E-state index contributed by atoms with van der Waals surface area (Å²) < 4.78 is 10.8. The lowest BCUT2D eigenvalue weighted by molar-refractivity contribution is -0.123. The number of nitrogens with zero attached hydrogens (tertiary/aromatic N) is 3. The number of carbonyl (C=O) groups is 1. The number of ether oxygens (including phenoxy) is 2. The summed E-state index contributed by atoms with van der Waals surface area (Å²) in [5.41, 5.74) is 1.15. The van der Waals surface area contributed by atoms with Crippen LogP contribution in [0.15, 0.2) is 36.5 Å². The predicted molar refractivity (Wildman–Crippen MR) is 93.6 cm³/mol. The first-order valence-electron chi connectivity index (χ1n) is 8.31. The van der Waals surface area contributed by atoms with Gasteiger partial charge in [-0.25, -0.2) is 9.97 Å². The Balaban J connectivity index is 1.47. The monoisotopic (exact) mass is 342 g/mol. The maximum absolute atomic E-state index is 11.9. The summed E-state index contributed by atoms with van der Waals surface area (Å²) in [5.74, 6) is 1.90. The van der Waals surface area contributed by atoms with Crippen molar-refractivity contribution in [3.63, 3.8) is 0 Å². The van der Waals surface area contributed by atoms with Crippen LogP contribution in [0.4, 0.5) is 5.82 Å². The largest absolute Gasteiger partial charge is 0.484 e. The SMILES string of the molecule is Cc1ccc(OCC(=O)NCc2nccc(N3CCOCC3)n2)cc1. The van der Waals surface area contributed by atoms with E-state index in [1.54, 1.807) is 6.20 Å². The number of amides is 1. The number of nitrogens with one attached hydrogen (secondary N) is 1. The summed E-state index contributed by atoms with van der Waals surface area (Å²) in [4.78, 5) is 22.8. The lowest BCUT2D eigenvalue weighted by Gasteiger charge is -2.27. The van der Waals surface area contributed by atoms with Crippen molar-refractivity contribution in [2.45, 2.75) is 13.5 Å². The Hall–Kier alpha value is -2.67. The Kier molecular flexibility index (Phi) is 5.79. The molecule has 2 heterocycles. The number of aromatic nitrogens is 2. The lowest BCUT2D eigenvalue weighted by atomic mass is 10.2. The standard InChI is InChI=1S/C18H22N4O3/c1-14-2-4-15(5-3-14)25-13-18(23)20-12-16-19-7-6-17(21-16)22-8-10-24-11-9-22/h2-7H,8-13H2,1H3,(H,20,23). The van der Waals surface area contributed by atoms with Crippen LogP contribution in [0.1, 0.15) is 11.4 Å². The average Bonchev–Trinajstić information content (AvgIpc) is 2.67. The molecular weight excluding hydrogens is 320 g/mol. The summed E-state index contributed by atoms with van der Waals surface area (Å²) in [6.45, 7) is 5.27.